The lowest BCUT2D eigenvalue weighted by Gasteiger charge is -2.36. The van der Waals surface area contributed by atoms with Crippen LogP contribution in [0.15, 0.2) is 48.5 Å². The van der Waals surface area contributed by atoms with E-state index in [0.29, 0.717) is 0 Å². The number of piperazine rings is 1. The van der Waals surface area contributed by atoms with Crippen LogP contribution in [-0.4, -0.2) is 48.0 Å². The maximum atomic E-state index is 12.7. The molecule has 0 saturated carbocycles. The summed E-state index contributed by atoms with van der Waals surface area (Å²) in [5.41, 5.74) is 8.97. The van der Waals surface area contributed by atoms with Crippen LogP contribution in [0.5, 0.6) is 5.75 Å². The van der Waals surface area contributed by atoms with E-state index in [1.807, 2.05) is 61.2 Å². The number of carbonyl (C=O) groups excluding carboxylic acids is 1. The van der Waals surface area contributed by atoms with Crippen LogP contribution < -0.4 is 10.5 Å². The van der Waals surface area contributed by atoms with Gasteiger partial charge in [-0.25, -0.2) is 0 Å². The van der Waals surface area contributed by atoms with Crippen molar-refractivity contribution in [3.63, 3.8) is 0 Å². The molecule has 6 heteroatoms. The van der Waals surface area contributed by atoms with Gasteiger partial charge in [0.15, 0.2) is 6.10 Å². The van der Waals surface area contributed by atoms with Crippen LogP contribution in [0.3, 0.4) is 0 Å². The van der Waals surface area contributed by atoms with E-state index in [2.05, 4.69) is 11.0 Å². The molecular weight excluding hydrogens is 362 g/mol. The molecule has 0 radical (unpaired) electrons. The number of carbonyl (C=O) groups is 1. The molecule has 2 aromatic rings. The standard InChI is InChI=1S/C21H27N3O2.ClH/c1-16-5-3-8-20(13-16)26-17(2)21(25)24-11-9-23(10-12-24)15-18-6-4-7-19(22)14-18;/h3-8,13-14,17H,9-12,15,22H2,1-2H3;1H. The molecule has 0 bridgehead atoms. The lowest BCUT2D eigenvalue weighted by molar-refractivity contribution is -0.139. The molecule has 0 spiro atoms. The Balaban J connectivity index is 0.00000261. The highest BCUT2D eigenvalue weighted by atomic mass is 35.5. The van der Waals surface area contributed by atoms with Crippen LogP contribution in [0.1, 0.15) is 18.1 Å². The Bertz CT molecular complexity index is 761. The second-order valence-corrected chi connectivity index (χ2v) is 6.92. The molecule has 27 heavy (non-hydrogen) atoms. The summed E-state index contributed by atoms with van der Waals surface area (Å²) >= 11 is 0. The molecule has 0 aliphatic carbocycles. The van der Waals surface area contributed by atoms with Crippen molar-refractivity contribution in [2.24, 2.45) is 0 Å². The maximum Gasteiger partial charge on any atom is 0.263 e. The monoisotopic (exact) mass is 389 g/mol. The number of anilines is 1. The zero-order valence-corrected chi connectivity index (χ0v) is 16.7. The van der Waals surface area contributed by atoms with Gasteiger partial charge in [0.2, 0.25) is 0 Å². The van der Waals surface area contributed by atoms with E-state index in [0.717, 1.165) is 49.7 Å². The van der Waals surface area contributed by atoms with E-state index < -0.39 is 6.10 Å². The average molecular weight is 390 g/mol. The molecule has 2 aromatic carbocycles. The largest absolute Gasteiger partial charge is 0.481 e. The number of nitrogens with zero attached hydrogens (tertiary/aromatic N) is 2. The van der Waals surface area contributed by atoms with Crippen molar-refractivity contribution in [1.29, 1.82) is 0 Å². The first-order chi connectivity index (χ1) is 12.5. The van der Waals surface area contributed by atoms with Gasteiger partial charge in [-0.05, 0) is 49.2 Å². The second kappa shape index (κ2) is 9.62. The quantitative estimate of drug-likeness (QED) is 0.798. The van der Waals surface area contributed by atoms with E-state index in [1.165, 1.54) is 5.56 Å². The summed E-state index contributed by atoms with van der Waals surface area (Å²) in [6.45, 7) is 7.87. The van der Waals surface area contributed by atoms with Gasteiger partial charge in [-0.3, -0.25) is 9.69 Å². The Morgan fingerprint density at radius 2 is 1.81 bits per heavy atom. The molecule has 5 nitrogen and oxygen atoms in total. The number of hydrogen-bond donors (Lipinski definition) is 1. The fourth-order valence-electron chi connectivity index (χ4n) is 3.28. The Morgan fingerprint density at radius 1 is 1.11 bits per heavy atom. The summed E-state index contributed by atoms with van der Waals surface area (Å²) in [4.78, 5) is 16.9. The van der Waals surface area contributed by atoms with E-state index in [1.54, 1.807) is 0 Å². The Hall–Kier alpha value is -2.24. The topological polar surface area (TPSA) is 58.8 Å². The molecule has 2 N–H and O–H groups in total. The number of amides is 1. The number of hydrogen-bond acceptors (Lipinski definition) is 4. The molecule has 1 aliphatic rings. The van der Waals surface area contributed by atoms with Crippen LogP contribution in [0, 0.1) is 6.92 Å². The predicted octanol–water partition coefficient (Wildman–Crippen LogP) is 3.11. The van der Waals surface area contributed by atoms with Gasteiger partial charge in [-0.15, -0.1) is 12.4 Å². The lowest BCUT2D eigenvalue weighted by atomic mass is 10.1. The minimum Gasteiger partial charge on any atom is -0.481 e. The van der Waals surface area contributed by atoms with Gasteiger partial charge < -0.3 is 15.4 Å². The van der Waals surface area contributed by atoms with Gasteiger partial charge in [-0.1, -0.05) is 24.3 Å². The van der Waals surface area contributed by atoms with Crippen molar-refractivity contribution in [3.05, 3.63) is 59.7 Å². The minimum atomic E-state index is -0.475. The summed E-state index contributed by atoms with van der Waals surface area (Å²) in [7, 11) is 0. The van der Waals surface area contributed by atoms with Crippen molar-refractivity contribution in [3.8, 4) is 5.75 Å². The van der Waals surface area contributed by atoms with Gasteiger partial charge in [0.05, 0.1) is 0 Å². The summed E-state index contributed by atoms with van der Waals surface area (Å²) in [6, 6.07) is 15.8. The highest BCUT2D eigenvalue weighted by Gasteiger charge is 2.26. The lowest BCUT2D eigenvalue weighted by Crippen LogP contribution is -2.51. The number of benzene rings is 2. The van der Waals surface area contributed by atoms with Gasteiger partial charge in [-0.2, -0.15) is 0 Å². The average Bonchev–Trinajstić information content (AvgIpc) is 2.62. The van der Waals surface area contributed by atoms with Crippen molar-refractivity contribution >= 4 is 24.0 Å². The fourth-order valence-corrected chi connectivity index (χ4v) is 3.28. The van der Waals surface area contributed by atoms with Crippen LogP contribution in [0.4, 0.5) is 5.69 Å². The van der Waals surface area contributed by atoms with Crippen LogP contribution >= 0.6 is 12.4 Å². The predicted molar refractivity (Wildman–Crippen MR) is 111 cm³/mol. The van der Waals surface area contributed by atoms with E-state index in [-0.39, 0.29) is 18.3 Å². The third-order valence-electron chi connectivity index (χ3n) is 4.69. The van der Waals surface area contributed by atoms with Crippen molar-refractivity contribution in [2.45, 2.75) is 26.5 Å². The Morgan fingerprint density at radius 3 is 2.48 bits per heavy atom. The van der Waals surface area contributed by atoms with Gasteiger partial charge in [0, 0.05) is 38.4 Å². The summed E-state index contributed by atoms with van der Waals surface area (Å²) in [5.74, 6) is 0.793. The third-order valence-corrected chi connectivity index (χ3v) is 4.69. The molecule has 1 heterocycles. The molecule has 1 unspecified atom stereocenters. The first kappa shape index (κ1) is 21.1. The molecule has 3 rings (SSSR count). The van der Waals surface area contributed by atoms with Crippen LogP contribution in [0.2, 0.25) is 0 Å². The molecule has 1 amide bonds. The molecular formula is C21H28ClN3O2. The van der Waals surface area contributed by atoms with E-state index in [9.17, 15) is 4.79 Å². The van der Waals surface area contributed by atoms with Gasteiger partial charge in [0.1, 0.15) is 5.75 Å². The number of rotatable bonds is 5. The molecule has 1 fully saturated rings. The van der Waals surface area contributed by atoms with Gasteiger partial charge in [0.25, 0.3) is 5.91 Å². The first-order valence-electron chi connectivity index (χ1n) is 9.10. The zero-order chi connectivity index (χ0) is 18.5. The van der Waals surface area contributed by atoms with Crippen LogP contribution in [-0.2, 0) is 11.3 Å². The smallest absolute Gasteiger partial charge is 0.263 e. The molecule has 0 aromatic heterocycles. The molecule has 146 valence electrons. The minimum absolute atomic E-state index is 0. The maximum absolute atomic E-state index is 12.7. The molecule has 1 atom stereocenters. The van der Waals surface area contributed by atoms with Crippen LogP contribution in [0.25, 0.3) is 0 Å². The summed E-state index contributed by atoms with van der Waals surface area (Å²) < 4.78 is 5.83. The zero-order valence-electron chi connectivity index (χ0n) is 15.9. The van der Waals surface area contributed by atoms with Gasteiger partial charge >= 0.3 is 0 Å². The molecule has 1 saturated heterocycles. The van der Waals surface area contributed by atoms with Crippen molar-refractivity contribution < 1.29 is 9.53 Å². The first-order valence-corrected chi connectivity index (χ1v) is 9.10. The summed E-state index contributed by atoms with van der Waals surface area (Å²) in [5, 5.41) is 0. The van der Waals surface area contributed by atoms with E-state index in [4.69, 9.17) is 10.5 Å². The number of nitrogens with two attached hydrogens (primary N) is 1. The molecule has 1 aliphatic heterocycles. The summed E-state index contributed by atoms with van der Waals surface area (Å²) in [6.07, 6.45) is -0.475. The van der Waals surface area contributed by atoms with Crippen molar-refractivity contribution in [2.75, 3.05) is 31.9 Å². The number of ether oxygens (including phenoxy) is 1. The van der Waals surface area contributed by atoms with E-state index >= 15 is 0 Å². The Kier molecular flexibility index (Phi) is 7.51. The fraction of sp³-hybridized carbons (Fsp3) is 0.381. The Labute approximate surface area is 167 Å². The number of nitrogen functional groups attached to an aromatic ring is 1. The van der Waals surface area contributed by atoms with Crippen molar-refractivity contribution in [1.82, 2.24) is 9.80 Å². The number of halogens is 1. The normalized spacial score (nSPS) is 15.7. The number of aryl methyl sites for hydroxylation is 1. The second-order valence-electron chi connectivity index (χ2n) is 6.92. The SMILES string of the molecule is Cc1cccc(OC(C)C(=O)N2CCN(Cc3cccc(N)c3)CC2)c1.Cl. The highest BCUT2D eigenvalue weighted by Crippen LogP contribution is 2.16. The third kappa shape index (κ3) is 5.88. The highest BCUT2D eigenvalue weighted by molar-refractivity contribution is 5.85.